The van der Waals surface area contributed by atoms with Gasteiger partial charge in [-0.2, -0.15) is 0 Å². The van der Waals surface area contributed by atoms with Gasteiger partial charge in [0.05, 0.1) is 0 Å². The van der Waals surface area contributed by atoms with Crippen LogP contribution in [-0.2, 0) is 9.22 Å². The summed E-state index contributed by atoms with van der Waals surface area (Å²) < 4.78 is 5.18. The molecule has 3 nitrogen and oxygen atoms in total. The second-order valence-electron chi connectivity index (χ2n) is 4.60. The fourth-order valence-corrected chi connectivity index (χ4v) is 1.85. The second kappa shape index (κ2) is 5.59. The molecule has 0 N–H and O–H groups in total. The van der Waals surface area contributed by atoms with E-state index in [0.717, 1.165) is 0 Å². The molecule has 0 aliphatic carbocycles. The molecule has 0 aliphatic rings. The van der Waals surface area contributed by atoms with E-state index in [9.17, 15) is 9.59 Å². The number of benzene rings is 1. The first-order chi connectivity index (χ1) is 7.88. The summed E-state index contributed by atoms with van der Waals surface area (Å²) in [6.45, 7) is 5.74. The molecule has 0 heterocycles. The number of hydrogen-bond acceptors (Lipinski definition) is 3. The number of carbonyl (C=O) groups excluding carboxylic acids is 2. The summed E-state index contributed by atoms with van der Waals surface area (Å²) in [5, 5.41) is 0. The van der Waals surface area contributed by atoms with Gasteiger partial charge in [-0.3, -0.25) is 4.79 Å². The van der Waals surface area contributed by atoms with Crippen molar-refractivity contribution < 1.29 is 14.0 Å². The molecule has 0 amide bonds. The van der Waals surface area contributed by atoms with Gasteiger partial charge in [-0.1, -0.05) is 30.3 Å². The molecule has 0 bridgehead atoms. The van der Waals surface area contributed by atoms with Crippen LogP contribution in [0.3, 0.4) is 0 Å². The third kappa shape index (κ3) is 5.26. The molecule has 0 aromatic heterocycles. The van der Waals surface area contributed by atoms with Crippen LogP contribution < -0.4 is 0 Å². The number of carbonyl (C=O) groups is 2. The van der Waals surface area contributed by atoms with Crippen LogP contribution in [0.5, 0.6) is 0 Å². The Labute approximate surface area is 102 Å². The Kier molecular flexibility index (Phi) is 4.40. The van der Waals surface area contributed by atoms with Gasteiger partial charge in [0.2, 0.25) is 8.32 Å². The Morgan fingerprint density at radius 2 is 1.65 bits per heavy atom. The molecule has 0 fully saturated rings. The molecule has 4 heteroatoms. The van der Waals surface area contributed by atoms with Gasteiger partial charge in [-0.25, -0.2) is 4.79 Å². The number of allylic oxidation sites excluding steroid dienone is 1. The Morgan fingerprint density at radius 3 is 2.18 bits per heavy atom. The lowest BCUT2D eigenvalue weighted by atomic mass is 10.1. The smallest absolute Gasteiger partial charge is 0.317 e. The molecule has 1 rings (SSSR count). The van der Waals surface area contributed by atoms with Crippen molar-refractivity contribution in [2.24, 2.45) is 0 Å². The van der Waals surface area contributed by atoms with Gasteiger partial charge in [0, 0.05) is 11.6 Å². The van der Waals surface area contributed by atoms with Gasteiger partial charge in [0.25, 0.3) is 0 Å². The van der Waals surface area contributed by atoms with Crippen LogP contribution in [0.4, 0.5) is 0 Å². The minimum absolute atomic E-state index is 0.196. The molecule has 0 saturated carbocycles. The Bertz CT molecular complexity index is 430. The predicted molar refractivity (Wildman–Crippen MR) is 69.4 cm³/mol. The maximum absolute atomic E-state index is 11.6. The lowest BCUT2D eigenvalue weighted by molar-refractivity contribution is -0.129. The highest BCUT2D eigenvalue weighted by Gasteiger charge is 2.18. The van der Waals surface area contributed by atoms with Gasteiger partial charge in [0.15, 0.2) is 5.78 Å². The largest absolute Gasteiger partial charge is 0.517 e. The molecule has 0 unspecified atom stereocenters. The minimum Gasteiger partial charge on any atom is -0.517 e. The molecule has 0 spiro atoms. The number of ketones is 1. The van der Waals surface area contributed by atoms with Gasteiger partial charge >= 0.3 is 5.97 Å². The summed E-state index contributed by atoms with van der Waals surface area (Å²) in [5.74, 6) is -0.647. The molecular formula is C13H16O3Si. The van der Waals surface area contributed by atoms with E-state index in [1.165, 1.54) is 12.2 Å². The zero-order chi connectivity index (χ0) is 12.9. The van der Waals surface area contributed by atoms with Crippen molar-refractivity contribution in [2.45, 2.75) is 19.6 Å². The lowest BCUT2D eigenvalue weighted by Gasteiger charge is -2.15. The first kappa shape index (κ1) is 13.4. The van der Waals surface area contributed by atoms with Crippen molar-refractivity contribution in [2.75, 3.05) is 0 Å². The minimum atomic E-state index is -1.88. The maximum atomic E-state index is 11.6. The van der Waals surface area contributed by atoms with Crippen molar-refractivity contribution in [1.82, 2.24) is 0 Å². The maximum Gasteiger partial charge on any atom is 0.317 e. The van der Waals surface area contributed by atoms with E-state index in [0.29, 0.717) is 5.56 Å². The average molecular weight is 248 g/mol. The van der Waals surface area contributed by atoms with Crippen LogP contribution in [0.25, 0.3) is 0 Å². The first-order valence-corrected chi connectivity index (χ1v) is 8.80. The fraction of sp³-hybridized carbons (Fsp3) is 0.231. The highest BCUT2D eigenvalue weighted by atomic mass is 28.4. The topological polar surface area (TPSA) is 43.4 Å². The molecule has 0 radical (unpaired) electrons. The number of hydrogen-bond donors (Lipinski definition) is 0. The summed E-state index contributed by atoms with van der Waals surface area (Å²) in [6.07, 6.45) is 2.44. The number of rotatable bonds is 4. The third-order valence-electron chi connectivity index (χ3n) is 1.84. The van der Waals surface area contributed by atoms with Gasteiger partial charge in [-0.05, 0) is 25.7 Å². The van der Waals surface area contributed by atoms with Gasteiger partial charge < -0.3 is 4.43 Å². The highest BCUT2D eigenvalue weighted by molar-refractivity contribution is 6.71. The zero-order valence-corrected chi connectivity index (χ0v) is 11.3. The summed E-state index contributed by atoms with van der Waals surface area (Å²) in [5.41, 5.74) is 0.560. The van der Waals surface area contributed by atoms with Gasteiger partial charge in [-0.15, -0.1) is 0 Å². The van der Waals surface area contributed by atoms with Crippen molar-refractivity contribution in [3.8, 4) is 0 Å². The molecule has 17 heavy (non-hydrogen) atoms. The van der Waals surface area contributed by atoms with Crippen LogP contribution >= 0.6 is 0 Å². The molecular weight excluding hydrogens is 232 g/mol. The van der Waals surface area contributed by atoms with Crippen LogP contribution in [0.15, 0.2) is 42.5 Å². The van der Waals surface area contributed by atoms with Crippen LogP contribution in [0.1, 0.15) is 10.4 Å². The van der Waals surface area contributed by atoms with Crippen molar-refractivity contribution in [1.29, 1.82) is 0 Å². The molecule has 0 aliphatic heterocycles. The van der Waals surface area contributed by atoms with E-state index in [-0.39, 0.29) is 5.78 Å². The first-order valence-electron chi connectivity index (χ1n) is 5.39. The van der Waals surface area contributed by atoms with Crippen molar-refractivity contribution >= 4 is 20.1 Å². The second-order valence-corrected chi connectivity index (χ2v) is 9.03. The zero-order valence-electron chi connectivity index (χ0n) is 10.3. The summed E-state index contributed by atoms with van der Waals surface area (Å²) in [4.78, 5) is 23.0. The summed E-state index contributed by atoms with van der Waals surface area (Å²) in [7, 11) is -1.88. The molecule has 1 aromatic rings. The molecule has 90 valence electrons. The van der Waals surface area contributed by atoms with Crippen LogP contribution in [0, 0.1) is 0 Å². The third-order valence-corrected chi connectivity index (χ3v) is 2.65. The quantitative estimate of drug-likeness (QED) is 0.467. The SMILES string of the molecule is C[Si](C)(C)OC(=O)C=CC(=O)c1ccccc1. The van der Waals surface area contributed by atoms with E-state index in [2.05, 4.69) is 0 Å². The fourth-order valence-electron chi connectivity index (χ4n) is 1.18. The van der Waals surface area contributed by atoms with E-state index < -0.39 is 14.3 Å². The normalized spacial score (nSPS) is 11.5. The standard InChI is InChI=1S/C13H16O3Si/c1-17(2,3)16-13(15)10-9-12(14)11-7-5-4-6-8-11/h4-10H,1-3H3. The summed E-state index contributed by atoms with van der Waals surface area (Å²) >= 11 is 0. The lowest BCUT2D eigenvalue weighted by Crippen LogP contribution is -2.28. The Balaban J connectivity index is 2.61. The highest BCUT2D eigenvalue weighted by Crippen LogP contribution is 2.04. The van der Waals surface area contributed by atoms with Crippen molar-refractivity contribution in [3.63, 3.8) is 0 Å². The summed E-state index contributed by atoms with van der Waals surface area (Å²) in [6, 6.07) is 8.80. The molecule has 1 aromatic carbocycles. The molecule has 0 saturated heterocycles. The van der Waals surface area contributed by atoms with E-state index in [4.69, 9.17) is 4.43 Å². The van der Waals surface area contributed by atoms with Crippen molar-refractivity contribution in [3.05, 3.63) is 48.0 Å². The van der Waals surface area contributed by atoms with Gasteiger partial charge in [0.1, 0.15) is 0 Å². The van der Waals surface area contributed by atoms with E-state index >= 15 is 0 Å². The van der Waals surface area contributed by atoms with E-state index in [1.807, 2.05) is 25.7 Å². The average Bonchev–Trinajstić information content (AvgIpc) is 2.25. The predicted octanol–water partition coefficient (Wildman–Crippen LogP) is 2.80. The monoisotopic (exact) mass is 248 g/mol. The van der Waals surface area contributed by atoms with E-state index in [1.54, 1.807) is 24.3 Å². The Hall–Kier alpha value is -1.68. The Morgan fingerprint density at radius 1 is 1.06 bits per heavy atom. The molecule has 0 atom stereocenters. The van der Waals surface area contributed by atoms with Crippen LogP contribution in [0.2, 0.25) is 19.6 Å². The van der Waals surface area contributed by atoms with Crippen LogP contribution in [-0.4, -0.2) is 20.1 Å².